The van der Waals surface area contributed by atoms with E-state index in [2.05, 4.69) is 10.4 Å². The molecule has 4 rings (SSSR count). The maximum atomic E-state index is 13.5. The molecule has 2 aromatic heterocycles. The SMILES string of the molecule is CNC(=O)Cc1cnn2ccc(-c3ccccc3S(=O)(=O)N3CCC(OC)CC3)cc12. The number of methoxy groups -OCH3 is 1. The van der Waals surface area contributed by atoms with Crippen LogP contribution in [0.15, 0.2) is 53.7 Å². The molecule has 1 fully saturated rings. The van der Waals surface area contributed by atoms with Gasteiger partial charge in [-0.15, -0.1) is 0 Å². The minimum absolute atomic E-state index is 0.102. The van der Waals surface area contributed by atoms with Crippen LogP contribution in [0.1, 0.15) is 18.4 Å². The minimum atomic E-state index is -3.65. The van der Waals surface area contributed by atoms with E-state index in [1.54, 1.807) is 43.2 Å². The zero-order valence-corrected chi connectivity index (χ0v) is 18.4. The van der Waals surface area contributed by atoms with Gasteiger partial charge < -0.3 is 10.1 Å². The first kappa shape index (κ1) is 21.5. The number of hydrogen-bond donors (Lipinski definition) is 1. The van der Waals surface area contributed by atoms with Crippen molar-refractivity contribution in [3.63, 3.8) is 0 Å². The van der Waals surface area contributed by atoms with Crippen molar-refractivity contribution in [2.24, 2.45) is 0 Å². The zero-order chi connectivity index (χ0) is 22.0. The smallest absolute Gasteiger partial charge is 0.243 e. The predicted octanol–water partition coefficient (Wildman–Crippen LogP) is 2.09. The molecule has 3 heterocycles. The first-order valence-corrected chi connectivity index (χ1v) is 11.7. The van der Waals surface area contributed by atoms with Crippen LogP contribution in [0.4, 0.5) is 0 Å². The number of fused-ring (bicyclic) bond motifs is 1. The summed E-state index contributed by atoms with van der Waals surface area (Å²) in [6, 6.07) is 10.8. The highest BCUT2D eigenvalue weighted by molar-refractivity contribution is 7.89. The number of nitrogens with zero attached hydrogens (tertiary/aromatic N) is 3. The lowest BCUT2D eigenvalue weighted by molar-refractivity contribution is -0.119. The van der Waals surface area contributed by atoms with Crippen molar-refractivity contribution in [3.05, 3.63) is 54.4 Å². The van der Waals surface area contributed by atoms with E-state index < -0.39 is 10.0 Å². The molecule has 31 heavy (non-hydrogen) atoms. The van der Waals surface area contributed by atoms with Crippen LogP contribution in [-0.2, 0) is 26.0 Å². The number of rotatable bonds is 6. The summed E-state index contributed by atoms with van der Waals surface area (Å²) in [6.45, 7) is 0.875. The standard InChI is InChI=1S/C22H26N4O4S/c1-23-22(27)14-17-15-24-26-12-7-16(13-20(17)26)19-5-3-4-6-21(19)31(28,29)25-10-8-18(30-2)9-11-25/h3-7,12-13,15,18H,8-11,14H2,1-2H3,(H,23,27). The summed E-state index contributed by atoms with van der Waals surface area (Å²) >= 11 is 0. The zero-order valence-electron chi connectivity index (χ0n) is 17.6. The second kappa shape index (κ2) is 8.78. The third-order valence-corrected chi connectivity index (χ3v) is 7.74. The first-order chi connectivity index (χ1) is 14.9. The van der Waals surface area contributed by atoms with Crippen LogP contribution in [0.5, 0.6) is 0 Å². The lowest BCUT2D eigenvalue weighted by atomic mass is 10.1. The monoisotopic (exact) mass is 442 g/mol. The molecule has 0 bridgehead atoms. The fraction of sp³-hybridized carbons (Fsp3) is 0.364. The lowest BCUT2D eigenvalue weighted by Crippen LogP contribution is -2.40. The summed E-state index contributed by atoms with van der Waals surface area (Å²) in [4.78, 5) is 12.1. The number of likely N-dealkylation sites (N-methyl/N-ethyl adjacent to an activating group) is 1. The van der Waals surface area contributed by atoms with Gasteiger partial charge in [-0.2, -0.15) is 9.40 Å². The van der Waals surface area contributed by atoms with E-state index in [9.17, 15) is 13.2 Å². The van der Waals surface area contributed by atoms with E-state index in [1.807, 2.05) is 24.3 Å². The van der Waals surface area contributed by atoms with Crippen LogP contribution < -0.4 is 5.32 Å². The Morgan fingerprint density at radius 1 is 1.23 bits per heavy atom. The van der Waals surface area contributed by atoms with Crippen molar-refractivity contribution in [2.75, 3.05) is 27.2 Å². The molecule has 8 nitrogen and oxygen atoms in total. The maximum absolute atomic E-state index is 13.5. The van der Waals surface area contributed by atoms with Gasteiger partial charge in [0.1, 0.15) is 0 Å². The van der Waals surface area contributed by atoms with E-state index in [0.717, 1.165) is 16.6 Å². The number of carbonyl (C=O) groups excluding carboxylic acids is 1. The Labute approximate surface area is 181 Å². The number of pyridine rings is 1. The van der Waals surface area contributed by atoms with Crippen LogP contribution in [0.2, 0.25) is 0 Å². The second-order valence-electron chi connectivity index (χ2n) is 7.60. The molecule has 1 saturated heterocycles. The van der Waals surface area contributed by atoms with E-state index >= 15 is 0 Å². The maximum Gasteiger partial charge on any atom is 0.243 e. The van der Waals surface area contributed by atoms with Gasteiger partial charge in [-0.25, -0.2) is 12.9 Å². The van der Waals surface area contributed by atoms with Crippen LogP contribution in [0, 0.1) is 0 Å². The van der Waals surface area contributed by atoms with Crippen LogP contribution >= 0.6 is 0 Å². The van der Waals surface area contributed by atoms with Crippen LogP contribution in [0.3, 0.4) is 0 Å². The number of ether oxygens (including phenoxy) is 1. The topological polar surface area (TPSA) is 93.0 Å². The van der Waals surface area contributed by atoms with Crippen molar-refractivity contribution in [3.8, 4) is 11.1 Å². The number of benzene rings is 1. The van der Waals surface area contributed by atoms with Gasteiger partial charge in [0.15, 0.2) is 0 Å². The fourth-order valence-electron chi connectivity index (χ4n) is 3.97. The number of piperidine rings is 1. The molecule has 1 aliphatic heterocycles. The first-order valence-electron chi connectivity index (χ1n) is 10.2. The normalized spacial score (nSPS) is 15.9. The molecule has 0 atom stereocenters. The molecule has 1 aromatic carbocycles. The molecule has 3 aromatic rings. The summed E-state index contributed by atoms with van der Waals surface area (Å²) in [7, 11) is -0.399. The Morgan fingerprint density at radius 3 is 2.68 bits per heavy atom. The van der Waals surface area contributed by atoms with Gasteiger partial charge in [0, 0.05) is 44.6 Å². The highest BCUT2D eigenvalue weighted by Gasteiger charge is 2.31. The summed E-state index contributed by atoms with van der Waals surface area (Å²) < 4.78 is 35.5. The van der Waals surface area contributed by atoms with Gasteiger partial charge in [-0.3, -0.25) is 4.79 Å². The van der Waals surface area contributed by atoms with Crippen molar-refractivity contribution < 1.29 is 17.9 Å². The quantitative estimate of drug-likeness (QED) is 0.631. The molecule has 164 valence electrons. The molecule has 1 N–H and O–H groups in total. The van der Waals surface area contributed by atoms with Crippen molar-refractivity contribution in [1.29, 1.82) is 0 Å². The second-order valence-corrected chi connectivity index (χ2v) is 9.51. The van der Waals surface area contributed by atoms with E-state index in [1.165, 1.54) is 4.31 Å². The Morgan fingerprint density at radius 2 is 1.97 bits per heavy atom. The third-order valence-electron chi connectivity index (χ3n) is 5.78. The van der Waals surface area contributed by atoms with Gasteiger partial charge in [-0.1, -0.05) is 18.2 Å². The van der Waals surface area contributed by atoms with Crippen molar-refractivity contribution in [2.45, 2.75) is 30.3 Å². The van der Waals surface area contributed by atoms with Gasteiger partial charge in [-0.05, 0) is 36.6 Å². The number of nitrogens with one attached hydrogen (secondary N) is 1. The summed E-state index contributed by atoms with van der Waals surface area (Å²) in [5, 5.41) is 6.92. The number of amides is 1. The lowest BCUT2D eigenvalue weighted by Gasteiger charge is -2.31. The van der Waals surface area contributed by atoms with Gasteiger partial charge in [0.05, 0.1) is 29.1 Å². The van der Waals surface area contributed by atoms with Crippen LogP contribution in [-0.4, -0.2) is 61.6 Å². The Kier molecular flexibility index (Phi) is 6.08. The minimum Gasteiger partial charge on any atom is -0.381 e. The molecular weight excluding hydrogens is 416 g/mol. The number of carbonyl (C=O) groups is 1. The molecule has 0 radical (unpaired) electrons. The molecule has 1 aliphatic rings. The van der Waals surface area contributed by atoms with Crippen molar-refractivity contribution in [1.82, 2.24) is 19.2 Å². The third kappa shape index (κ3) is 4.21. The van der Waals surface area contributed by atoms with Crippen LogP contribution in [0.25, 0.3) is 16.6 Å². The van der Waals surface area contributed by atoms with Gasteiger partial charge in [0.25, 0.3) is 0 Å². The molecule has 0 saturated carbocycles. The Bertz CT molecular complexity index is 1200. The largest absolute Gasteiger partial charge is 0.381 e. The van der Waals surface area contributed by atoms with E-state index in [4.69, 9.17) is 4.74 Å². The molecule has 0 aliphatic carbocycles. The summed E-state index contributed by atoms with van der Waals surface area (Å²) in [5.74, 6) is -0.109. The average molecular weight is 443 g/mol. The predicted molar refractivity (Wildman–Crippen MR) is 117 cm³/mol. The van der Waals surface area contributed by atoms with Gasteiger partial charge >= 0.3 is 0 Å². The fourth-order valence-corrected chi connectivity index (χ4v) is 5.66. The number of aromatic nitrogens is 2. The van der Waals surface area contributed by atoms with E-state index in [0.29, 0.717) is 31.5 Å². The highest BCUT2D eigenvalue weighted by Crippen LogP contribution is 2.32. The van der Waals surface area contributed by atoms with E-state index in [-0.39, 0.29) is 23.3 Å². The number of hydrogen-bond acceptors (Lipinski definition) is 5. The molecule has 1 amide bonds. The molecule has 0 spiro atoms. The van der Waals surface area contributed by atoms with Crippen molar-refractivity contribution >= 4 is 21.4 Å². The molecule has 0 unspecified atom stereocenters. The summed E-state index contributed by atoms with van der Waals surface area (Å²) in [6.07, 6.45) is 5.12. The summed E-state index contributed by atoms with van der Waals surface area (Å²) in [5.41, 5.74) is 2.94. The molecular formula is C22H26N4O4S. The Balaban J connectivity index is 1.72. The van der Waals surface area contributed by atoms with Gasteiger partial charge in [0.2, 0.25) is 15.9 Å². The highest BCUT2D eigenvalue weighted by atomic mass is 32.2. The molecule has 9 heteroatoms. The Hall–Kier alpha value is -2.75. The average Bonchev–Trinajstić information content (AvgIpc) is 3.20. The number of sulfonamides is 1.